The Kier molecular flexibility index (Phi) is 4.46. The van der Waals surface area contributed by atoms with Gasteiger partial charge in [0.05, 0.1) is 22.3 Å². The third-order valence-corrected chi connectivity index (χ3v) is 7.10. The van der Waals surface area contributed by atoms with Gasteiger partial charge in [0.2, 0.25) is 0 Å². The molecule has 8 heteroatoms. The van der Waals surface area contributed by atoms with Gasteiger partial charge in [0.25, 0.3) is 10.0 Å². The largest absolute Gasteiger partial charge is 0.476 e. The molecule has 29 heavy (non-hydrogen) atoms. The minimum Gasteiger partial charge on any atom is -0.476 e. The molecule has 2 heterocycles. The van der Waals surface area contributed by atoms with Crippen molar-refractivity contribution in [3.63, 3.8) is 0 Å². The molecular formula is C21H21N3O4S. The van der Waals surface area contributed by atoms with Crippen molar-refractivity contribution in [2.24, 2.45) is 7.05 Å². The van der Waals surface area contributed by atoms with Crippen LogP contribution in [0.4, 0.5) is 5.69 Å². The van der Waals surface area contributed by atoms with Crippen molar-refractivity contribution in [2.75, 3.05) is 4.31 Å². The highest BCUT2D eigenvalue weighted by molar-refractivity contribution is 7.92. The summed E-state index contributed by atoms with van der Waals surface area (Å²) in [5, 5.41) is 13.9. The van der Waals surface area contributed by atoms with Gasteiger partial charge in [0.1, 0.15) is 0 Å². The molecule has 4 rings (SSSR count). The second-order valence-corrected chi connectivity index (χ2v) is 8.91. The van der Waals surface area contributed by atoms with Gasteiger partial charge >= 0.3 is 5.97 Å². The van der Waals surface area contributed by atoms with E-state index >= 15 is 0 Å². The number of para-hydroxylation sites is 1. The fourth-order valence-electron chi connectivity index (χ4n) is 3.98. The van der Waals surface area contributed by atoms with E-state index in [2.05, 4.69) is 5.10 Å². The normalized spacial score (nSPS) is 15.7. The van der Waals surface area contributed by atoms with E-state index in [0.717, 1.165) is 5.56 Å². The molecule has 0 saturated heterocycles. The molecule has 2 aromatic carbocycles. The molecule has 1 atom stereocenters. The van der Waals surface area contributed by atoms with Crippen LogP contribution in [0.2, 0.25) is 0 Å². The number of hydrogen-bond donors (Lipinski definition) is 1. The molecular weight excluding hydrogens is 390 g/mol. The van der Waals surface area contributed by atoms with Crippen LogP contribution < -0.4 is 4.31 Å². The maximum Gasteiger partial charge on any atom is 0.356 e. The number of carboxylic acid groups (broad SMARTS) is 1. The molecule has 3 aromatic rings. The first-order valence-corrected chi connectivity index (χ1v) is 10.7. The molecule has 7 nitrogen and oxygen atoms in total. The standard InChI is InChI=1S/C21H21N3O4S/c1-4-16-18-19(21(25)26)22-23(3)20(18)15-7-5-6-8-17(15)24(16)29(27,28)14-11-9-13(2)10-12-14/h5-12,16H,4H2,1-3H3,(H,25,26). The maximum atomic E-state index is 13.7. The van der Waals surface area contributed by atoms with Crippen LogP contribution in [0, 0.1) is 6.92 Å². The van der Waals surface area contributed by atoms with Crippen molar-refractivity contribution in [3.8, 4) is 11.3 Å². The van der Waals surface area contributed by atoms with Gasteiger partial charge < -0.3 is 5.11 Å². The summed E-state index contributed by atoms with van der Waals surface area (Å²) in [6.45, 7) is 3.74. The monoisotopic (exact) mass is 411 g/mol. The number of fused-ring (bicyclic) bond motifs is 3. The van der Waals surface area contributed by atoms with Crippen LogP contribution in [0.15, 0.2) is 53.4 Å². The second kappa shape index (κ2) is 6.73. The lowest BCUT2D eigenvalue weighted by Crippen LogP contribution is -2.38. The molecule has 0 radical (unpaired) electrons. The smallest absolute Gasteiger partial charge is 0.356 e. The number of rotatable bonds is 4. The first-order valence-electron chi connectivity index (χ1n) is 9.28. The Morgan fingerprint density at radius 3 is 2.41 bits per heavy atom. The average molecular weight is 411 g/mol. The molecule has 1 aromatic heterocycles. The van der Waals surface area contributed by atoms with Crippen LogP contribution in [-0.2, 0) is 17.1 Å². The Morgan fingerprint density at radius 2 is 1.79 bits per heavy atom. The third-order valence-electron chi connectivity index (χ3n) is 5.26. The van der Waals surface area contributed by atoms with E-state index in [9.17, 15) is 18.3 Å². The zero-order valence-electron chi connectivity index (χ0n) is 16.3. The van der Waals surface area contributed by atoms with E-state index in [1.807, 2.05) is 13.8 Å². The van der Waals surface area contributed by atoms with Gasteiger partial charge in [-0.25, -0.2) is 13.2 Å². The van der Waals surface area contributed by atoms with Crippen LogP contribution in [0.1, 0.15) is 41.0 Å². The minimum absolute atomic E-state index is 0.118. The fourth-order valence-corrected chi connectivity index (χ4v) is 5.69. The van der Waals surface area contributed by atoms with Crippen molar-refractivity contribution in [2.45, 2.75) is 31.2 Å². The Morgan fingerprint density at radius 1 is 1.14 bits per heavy atom. The van der Waals surface area contributed by atoms with Crippen molar-refractivity contribution >= 4 is 21.7 Å². The second-order valence-electron chi connectivity index (χ2n) is 7.09. The molecule has 0 spiro atoms. The lowest BCUT2D eigenvalue weighted by molar-refractivity contribution is 0.0688. The number of anilines is 1. The lowest BCUT2D eigenvalue weighted by Gasteiger charge is -2.37. The Balaban J connectivity index is 2.03. The van der Waals surface area contributed by atoms with Crippen LogP contribution in [-0.4, -0.2) is 29.3 Å². The number of aromatic carboxylic acids is 1. The molecule has 1 aliphatic heterocycles. The first-order chi connectivity index (χ1) is 13.8. The maximum absolute atomic E-state index is 13.7. The quantitative estimate of drug-likeness (QED) is 0.706. The average Bonchev–Trinajstić information content (AvgIpc) is 3.05. The molecule has 0 saturated carbocycles. The van der Waals surface area contributed by atoms with Gasteiger partial charge in [-0.2, -0.15) is 5.10 Å². The first kappa shape index (κ1) is 19.2. The summed E-state index contributed by atoms with van der Waals surface area (Å²) < 4.78 is 30.2. The zero-order chi connectivity index (χ0) is 20.9. The molecule has 0 fully saturated rings. The van der Waals surface area contributed by atoms with Gasteiger partial charge in [0, 0.05) is 18.2 Å². The number of carbonyl (C=O) groups is 1. The number of aryl methyl sites for hydroxylation is 2. The van der Waals surface area contributed by atoms with Gasteiger partial charge in [-0.15, -0.1) is 0 Å². The molecule has 0 aliphatic carbocycles. The van der Waals surface area contributed by atoms with Crippen LogP contribution in [0.25, 0.3) is 11.3 Å². The van der Waals surface area contributed by atoms with Crippen molar-refractivity contribution < 1.29 is 18.3 Å². The third kappa shape index (κ3) is 2.82. The van der Waals surface area contributed by atoms with E-state index in [4.69, 9.17) is 0 Å². The summed E-state index contributed by atoms with van der Waals surface area (Å²) in [4.78, 5) is 12.0. The number of hydrogen-bond acceptors (Lipinski definition) is 4. The molecule has 1 N–H and O–H groups in total. The highest BCUT2D eigenvalue weighted by Crippen LogP contribution is 2.49. The van der Waals surface area contributed by atoms with E-state index in [0.29, 0.717) is 28.9 Å². The Hall–Kier alpha value is -3.13. The van der Waals surface area contributed by atoms with Crippen molar-refractivity contribution in [3.05, 3.63) is 65.4 Å². The summed E-state index contributed by atoms with van der Waals surface area (Å²) in [7, 11) is -2.25. The predicted molar refractivity (Wildman–Crippen MR) is 109 cm³/mol. The number of nitrogens with zero attached hydrogens (tertiary/aromatic N) is 3. The van der Waals surface area contributed by atoms with Gasteiger partial charge in [-0.05, 0) is 31.5 Å². The summed E-state index contributed by atoms with van der Waals surface area (Å²) in [6, 6.07) is 13.1. The highest BCUT2D eigenvalue weighted by Gasteiger charge is 2.42. The van der Waals surface area contributed by atoms with E-state index in [1.54, 1.807) is 55.6 Å². The SMILES string of the molecule is CCC1c2c(C(=O)O)nn(C)c2-c2ccccc2N1S(=O)(=O)c1ccc(C)cc1. The molecule has 1 aliphatic rings. The number of carboxylic acids is 1. The van der Waals surface area contributed by atoms with Crippen molar-refractivity contribution in [1.29, 1.82) is 0 Å². The molecule has 0 amide bonds. The summed E-state index contributed by atoms with van der Waals surface area (Å²) in [6.07, 6.45) is 0.401. The summed E-state index contributed by atoms with van der Waals surface area (Å²) in [5.41, 5.74) is 3.07. The number of aromatic nitrogens is 2. The van der Waals surface area contributed by atoms with Crippen molar-refractivity contribution in [1.82, 2.24) is 9.78 Å². The van der Waals surface area contributed by atoms with E-state index < -0.39 is 22.0 Å². The van der Waals surface area contributed by atoms with Crippen LogP contribution in [0.3, 0.4) is 0 Å². The molecule has 1 unspecified atom stereocenters. The Labute approximate surface area is 169 Å². The van der Waals surface area contributed by atoms with Crippen LogP contribution >= 0.6 is 0 Å². The molecule has 0 bridgehead atoms. The Bertz CT molecular complexity index is 1210. The van der Waals surface area contributed by atoms with Gasteiger partial charge in [-0.1, -0.05) is 42.8 Å². The van der Waals surface area contributed by atoms with E-state index in [-0.39, 0.29) is 10.6 Å². The lowest BCUT2D eigenvalue weighted by atomic mass is 9.92. The molecule has 150 valence electrons. The van der Waals surface area contributed by atoms with Gasteiger partial charge in [-0.3, -0.25) is 8.99 Å². The summed E-state index contributed by atoms with van der Waals surface area (Å²) >= 11 is 0. The van der Waals surface area contributed by atoms with Crippen LogP contribution in [0.5, 0.6) is 0 Å². The fraction of sp³-hybridized carbons (Fsp3) is 0.238. The predicted octanol–water partition coefficient (Wildman–Crippen LogP) is 3.75. The highest BCUT2D eigenvalue weighted by atomic mass is 32.2. The van der Waals surface area contributed by atoms with Gasteiger partial charge in [0.15, 0.2) is 5.69 Å². The van der Waals surface area contributed by atoms with E-state index in [1.165, 1.54) is 8.99 Å². The minimum atomic E-state index is -3.93. The number of sulfonamides is 1. The number of benzene rings is 2. The topological polar surface area (TPSA) is 92.5 Å². The summed E-state index contributed by atoms with van der Waals surface area (Å²) in [5.74, 6) is -1.17. The zero-order valence-corrected chi connectivity index (χ0v) is 17.1.